The molecule has 1 aromatic carbocycles. The van der Waals surface area contributed by atoms with Crippen molar-refractivity contribution in [1.82, 2.24) is 4.90 Å². The SMILES string of the molecule is O=C1[C@H]2CCC[C@H]2C(=O)N1Cc1ccccc1. The van der Waals surface area contributed by atoms with Crippen LogP contribution in [0.25, 0.3) is 0 Å². The third-order valence-corrected chi connectivity index (χ3v) is 3.87. The molecule has 88 valence electrons. The van der Waals surface area contributed by atoms with Gasteiger partial charge in [0.25, 0.3) is 0 Å². The molecule has 3 heteroatoms. The van der Waals surface area contributed by atoms with Gasteiger partial charge in [-0.05, 0) is 18.4 Å². The molecule has 0 N–H and O–H groups in total. The number of carbonyl (C=O) groups is 2. The van der Waals surface area contributed by atoms with Gasteiger partial charge in [0, 0.05) is 0 Å². The Morgan fingerprint density at radius 2 is 1.59 bits per heavy atom. The lowest BCUT2D eigenvalue weighted by molar-refractivity contribution is -0.141. The summed E-state index contributed by atoms with van der Waals surface area (Å²) in [5, 5.41) is 0. The highest BCUT2D eigenvalue weighted by Gasteiger charge is 2.49. The van der Waals surface area contributed by atoms with Crippen molar-refractivity contribution in [3.63, 3.8) is 0 Å². The first-order valence-electron chi connectivity index (χ1n) is 6.16. The Kier molecular flexibility index (Phi) is 2.46. The second-order valence-corrected chi connectivity index (χ2v) is 4.89. The minimum Gasteiger partial charge on any atom is -0.278 e. The van der Waals surface area contributed by atoms with Gasteiger partial charge in [-0.25, -0.2) is 0 Å². The number of imide groups is 1. The average Bonchev–Trinajstić information content (AvgIpc) is 2.91. The summed E-state index contributed by atoms with van der Waals surface area (Å²) in [6.45, 7) is 0.436. The third-order valence-electron chi connectivity index (χ3n) is 3.87. The van der Waals surface area contributed by atoms with Crippen LogP contribution < -0.4 is 0 Å². The summed E-state index contributed by atoms with van der Waals surface area (Å²) in [7, 11) is 0. The number of hydrogen-bond donors (Lipinski definition) is 0. The van der Waals surface area contributed by atoms with E-state index in [4.69, 9.17) is 0 Å². The van der Waals surface area contributed by atoms with Gasteiger partial charge in [0.05, 0.1) is 18.4 Å². The fourth-order valence-electron chi connectivity index (χ4n) is 2.98. The summed E-state index contributed by atoms with van der Waals surface area (Å²) in [6.07, 6.45) is 2.80. The van der Waals surface area contributed by atoms with Crippen LogP contribution in [0.5, 0.6) is 0 Å². The van der Waals surface area contributed by atoms with Gasteiger partial charge < -0.3 is 0 Å². The quantitative estimate of drug-likeness (QED) is 0.727. The molecule has 1 heterocycles. The first kappa shape index (κ1) is 10.5. The van der Waals surface area contributed by atoms with Gasteiger partial charge in [0.1, 0.15) is 0 Å². The molecular weight excluding hydrogens is 214 g/mol. The van der Waals surface area contributed by atoms with E-state index < -0.39 is 0 Å². The third kappa shape index (κ3) is 1.66. The van der Waals surface area contributed by atoms with E-state index in [1.807, 2.05) is 30.3 Å². The molecule has 0 aromatic heterocycles. The Morgan fingerprint density at radius 3 is 2.18 bits per heavy atom. The van der Waals surface area contributed by atoms with Crippen LogP contribution >= 0.6 is 0 Å². The van der Waals surface area contributed by atoms with E-state index in [9.17, 15) is 9.59 Å². The summed E-state index contributed by atoms with van der Waals surface area (Å²) in [5.74, 6) is 0.0418. The molecule has 2 fully saturated rings. The number of nitrogens with zero attached hydrogens (tertiary/aromatic N) is 1. The Hall–Kier alpha value is -1.64. The number of likely N-dealkylation sites (tertiary alicyclic amines) is 1. The van der Waals surface area contributed by atoms with Gasteiger partial charge in [-0.3, -0.25) is 14.5 Å². The highest BCUT2D eigenvalue weighted by molar-refractivity contribution is 6.05. The Balaban J connectivity index is 1.81. The first-order valence-corrected chi connectivity index (χ1v) is 6.16. The van der Waals surface area contributed by atoms with Crippen molar-refractivity contribution in [2.45, 2.75) is 25.8 Å². The predicted octanol–water partition coefficient (Wildman–Crippen LogP) is 1.97. The molecule has 0 bridgehead atoms. The van der Waals surface area contributed by atoms with E-state index >= 15 is 0 Å². The van der Waals surface area contributed by atoms with E-state index in [0.717, 1.165) is 24.8 Å². The molecule has 0 unspecified atom stereocenters. The maximum Gasteiger partial charge on any atom is 0.233 e. The monoisotopic (exact) mass is 229 g/mol. The summed E-state index contributed by atoms with van der Waals surface area (Å²) in [4.78, 5) is 25.7. The zero-order chi connectivity index (χ0) is 11.8. The zero-order valence-corrected chi connectivity index (χ0v) is 9.63. The maximum absolute atomic E-state index is 12.1. The minimum absolute atomic E-state index is 0.0220. The lowest BCUT2D eigenvalue weighted by Gasteiger charge is -2.15. The molecule has 3 nitrogen and oxygen atoms in total. The summed E-state index contributed by atoms with van der Waals surface area (Å²) < 4.78 is 0. The molecule has 17 heavy (non-hydrogen) atoms. The molecular formula is C14H15NO2. The van der Waals surface area contributed by atoms with Crippen molar-refractivity contribution in [3.05, 3.63) is 35.9 Å². The van der Waals surface area contributed by atoms with Gasteiger partial charge in [0.15, 0.2) is 0 Å². The molecule has 1 aliphatic heterocycles. The Bertz CT molecular complexity index is 433. The molecule has 1 aliphatic carbocycles. The second-order valence-electron chi connectivity index (χ2n) is 4.89. The van der Waals surface area contributed by atoms with Gasteiger partial charge in [-0.15, -0.1) is 0 Å². The van der Waals surface area contributed by atoms with Crippen molar-refractivity contribution < 1.29 is 9.59 Å². The minimum atomic E-state index is -0.0220. The molecule has 3 rings (SSSR count). The maximum atomic E-state index is 12.1. The normalized spacial score (nSPS) is 27.6. The highest BCUT2D eigenvalue weighted by Crippen LogP contribution is 2.40. The van der Waals surface area contributed by atoms with E-state index in [1.165, 1.54) is 4.90 Å². The molecule has 2 aliphatic rings. The standard InChI is InChI=1S/C14H15NO2/c16-13-11-7-4-8-12(11)14(17)15(13)9-10-5-2-1-3-6-10/h1-3,5-6,11-12H,4,7-9H2/t11-,12+. The molecule has 1 saturated heterocycles. The molecule has 0 spiro atoms. The van der Waals surface area contributed by atoms with Crippen molar-refractivity contribution in [1.29, 1.82) is 0 Å². The Labute approximate surface area is 100 Å². The van der Waals surface area contributed by atoms with Crippen molar-refractivity contribution in [3.8, 4) is 0 Å². The smallest absolute Gasteiger partial charge is 0.233 e. The number of amides is 2. The van der Waals surface area contributed by atoms with Crippen LogP contribution in [0, 0.1) is 11.8 Å². The van der Waals surface area contributed by atoms with Crippen LogP contribution in [-0.4, -0.2) is 16.7 Å². The summed E-state index contributed by atoms with van der Waals surface area (Å²) >= 11 is 0. The molecule has 1 aromatic rings. The van der Waals surface area contributed by atoms with Crippen LogP contribution in [0.1, 0.15) is 24.8 Å². The first-order chi connectivity index (χ1) is 8.27. The Morgan fingerprint density at radius 1 is 1.00 bits per heavy atom. The zero-order valence-electron chi connectivity index (χ0n) is 9.63. The fourth-order valence-corrected chi connectivity index (χ4v) is 2.98. The van der Waals surface area contributed by atoms with E-state index in [1.54, 1.807) is 0 Å². The number of carbonyl (C=O) groups excluding carboxylic acids is 2. The van der Waals surface area contributed by atoms with Crippen LogP contribution in [0.3, 0.4) is 0 Å². The van der Waals surface area contributed by atoms with Crippen LogP contribution in [0.15, 0.2) is 30.3 Å². The van der Waals surface area contributed by atoms with Crippen molar-refractivity contribution in [2.24, 2.45) is 11.8 Å². The number of benzene rings is 1. The molecule has 1 saturated carbocycles. The van der Waals surface area contributed by atoms with Gasteiger partial charge in [0.2, 0.25) is 11.8 Å². The van der Waals surface area contributed by atoms with Gasteiger partial charge >= 0.3 is 0 Å². The van der Waals surface area contributed by atoms with Crippen molar-refractivity contribution >= 4 is 11.8 Å². The second kappa shape index (κ2) is 3.99. The van der Waals surface area contributed by atoms with E-state index in [0.29, 0.717) is 6.54 Å². The van der Waals surface area contributed by atoms with E-state index in [-0.39, 0.29) is 23.7 Å². The summed E-state index contributed by atoms with van der Waals surface area (Å²) in [5.41, 5.74) is 1.02. The molecule has 0 radical (unpaired) electrons. The fraction of sp³-hybridized carbons (Fsp3) is 0.429. The molecule has 2 amide bonds. The van der Waals surface area contributed by atoms with Crippen LogP contribution in [0.2, 0.25) is 0 Å². The number of rotatable bonds is 2. The number of hydrogen-bond acceptors (Lipinski definition) is 2. The van der Waals surface area contributed by atoms with Crippen LogP contribution in [0.4, 0.5) is 0 Å². The predicted molar refractivity (Wildman–Crippen MR) is 62.8 cm³/mol. The molecule has 2 atom stereocenters. The number of fused-ring (bicyclic) bond motifs is 1. The lowest BCUT2D eigenvalue weighted by Crippen LogP contribution is -2.31. The average molecular weight is 229 g/mol. The largest absolute Gasteiger partial charge is 0.278 e. The summed E-state index contributed by atoms with van der Waals surface area (Å²) in [6, 6.07) is 9.71. The van der Waals surface area contributed by atoms with Gasteiger partial charge in [-0.2, -0.15) is 0 Å². The van der Waals surface area contributed by atoms with E-state index in [2.05, 4.69) is 0 Å². The van der Waals surface area contributed by atoms with Crippen molar-refractivity contribution in [2.75, 3.05) is 0 Å². The lowest BCUT2D eigenvalue weighted by atomic mass is 10.00. The topological polar surface area (TPSA) is 37.4 Å². The van der Waals surface area contributed by atoms with Gasteiger partial charge in [-0.1, -0.05) is 36.8 Å². The van der Waals surface area contributed by atoms with Crippen LogP contribution in [-0.2, 0) is 16.1 Å². The highest BCUT2D eigenvalue weighted by atomic mass is 16.2.